The molecule has 1 aliphatic heterocycles. The van der Waals surface area contributed by atoms with E-state index in [4.69, 9.17) is 9.47 Å². The van der Waals surface area contributed by atoms with Crippen LogP contribution in [0.3, 0.4) is 0 Å². The smallest absolute Gasteiger partial charge is 0.231 e. The number of hydrogen-bond donors (Lipinski definition) is 1. The molecule has 1 N–H and O–H groups in total. The molecule has 1 aromatic heterocycles. The van der Waals surface area contributed by atoms with E-state index in [1.165, 1.54) is 31.0 Å². The maximum absolute atomic E-state index is 12.5. The van der Waals surface area contributed by atoms with E-state index in [2.05, 4.69) is 15.5 Å². The number of thioether (sulfide) groups is 1. The first-order valence-corrected chi connectivity index (χ1v) is 11.6. The number of hydrogen-bond acceptors (Lipinski definition) is 6. The Labute approximate surface area is 185 Å². The van der Waals surface area contributed by atoms with Gasteiger partial charge in [-0.2, -0.15) is 0 Å². The molecule has 0 bridgehead atoms. The third kappa shape index (κ3) is 4.39. The van der Waals surface area contributed by atoms with E-state index >= 15 is 0 Å². The van der Waals surface area contributed by atoms with Crippen LogP contribution >= 0.6 is 11.8 Å². The Morgan fingerprint density at radius 2 is 1.84 bits per heavy atom. The topological polar surface area (TPSA) is 78.3 Å². The monoisotopic (exact) mass is 436 g/mol. The van der Waals surface area contributed by atoms with Crippen molar-refractivity contribution in [2.24, 2.45) is 0 Å². The minimum Gasteiger partial charge on any atom is -0.454 e. The Bertz CT molecular complexity index is 1060. The average molecular weight is 437 g/mol. The molecule has 0 spiro atoms. The van der Waals surface area contributed by atoms with Gasteiger partial charge in [0.15, 0.2) is 22.5 Å². The highest BCUT2D eigenvalue weighted by Gasteiger charge is 2.21. The number of fused-ring (bicyclic) bond motifs is 1. The highest BCUT2D eigenvalue weighted by molar-refractivity contribution is 7.99. The highest BCUT2D eigenvalue weighted by atomic mass is 32.2. The van der Waals surface area contributed by atoms with E-state index in [-0.39, 0.29) is 12.7 Å². The molecule has 31 heavy (non-hydrogen) atoms. The number of carbonyl (C=O) groups is 1. The lowest BCUT2D eigenvalue weighted by atomic mass is 9.95. The van der Waals surface area contributed by atoms with E-state index in [1.54, 1.807) is 0 Å². The van der Waals surface area contributed by atoms with Crippen LogP contribution in [-0.2, 0) is 4.79 Å². The van der Waals surface area contributed by atoms with E-state index in [9.17, 15) is 4.79 Å². The largest absolute Gasteiger partial charge is 0.454 e. The minimum atomic E-state index is 0.0455. The summed E-state index contributed by atoms with van der Waals surface area (Å²) in [5.74, 6) is 2.47. The zero-order valence-corrected chi connectivity index (χ0v) is 17.9. The van der Waals surface area contributed by atoms with Gasteiger partial charge in [0.25, 0.3) is 0 Å². The number of rotatable bonds is 6. The maximum atomic E-state index is 12.5. The van der Waals surface area contributed by atoms with Crippen LogP contribution in [0.2, 0.25) is 0 Å². The first-order chi connectivity index (χ1) is 15.3. The number of nitrogens with zero attached hydrogens (tertiary/aromatic N) is 3. The third-order valence-corrected chi connectivity index (χ3v) is 6.51. The van der Waals surface area contributed by atoms with Crippen LogP contribution in [0, 0.1) is 0 Å². The lowest BCUT2D eigenvalue weighted by molar-refractivity contribution is -0.119. The number of carbonyl (C=O) groups excluding carboxylic acids is 1. The zero-order chi connectivity index (χ0) is 21.0. The van der Waals surface area contributed by atoms with Crippen molar-refractivity contribution >= 4 is 17.7 Å². The van der Waals surface area contributed by atoms with Crippen molar-refractivity contribution in [2.75, 3.05) is 12.5 Å². The summed E-state index contributed by atoms with van der Waals surface area (Å²) in [7, 11) is 0. The Morgan fingerprint density at radius 3 is 2.68 bits per heavy atom. The second-order valence-corrected chi connectivity index (χ2v) is 8.68. The molecule has 5 rings (SSSR count). The maximum Gasteiger partial charge on any atom is 0.231 e. The summed E-state index contributed by atoms with van der Waals surface area (Å²) in [4.78, 5) is 12.5. The summed E-state index contributed by atoms with van der Waals surface area (Å²) in [6.45, 7) is 0.224. The van der Waals surface area contributed by atoms with Gasteiger partial charge >= 0.3 is 0 Å². The van der Waals surface area contributed by atoms with Crippen molar-refractivity contribution in [2.45, 2.75) is 43.3 Å². The lowest BCUT2D eigenvalue weighted by Gasteiger charge is -2.22. The summed E-state index contributed by atoms with van der Waals surface area (Å²) in [6.07, 6.45) is 5.80. The fourth-order valence-electron chi connectivity index (χ4n) is 4.04. The lowest BCUT2D eigenvalue weighted by Crippen LogP contribution is -2.37. The van der Waals surface area contributed by atoms with Crippen molar-refractivity contribution < 1.29 is 14.3 Å². The normalized spacial score (nSPS) is 15.7. The molecule has 0 unspecified atom stereocenters. The van der Waals surface area contributed by atoms with Crippen LogP contribution in [0.1, 0.15) is 32.1 Å². The standard InChI is InChI=1S/C23H24N4O3S/c28-21(24-17-7-3-1-4-8-17)14-31-23-26-25-22(27(23)18-9-5-2-6-10-18)16-11-12-19-20(13-16)30-15-29-19/h2,5-6,9-13,17H,1,3-4,7-8,14-15H2,(H,24,28). The second kappa shape index (κ2) is 9.01. The molecule has 2 heterocycles. The van der Waals surface area contributed by atoms with Crippen LogP contribution < -0.4 is 14.8 Å². The molecule has 2 aromatic carbocycles. The van der Waals surface area contributed by atoms with Crippen molar-refractivity contribution in [1.29, 1.82) is 0 Å². The van der Waals surface area contributed by atoms with Gasteiger partial charge in [0.05, 0.1) is 5.75 Å². The van der Waals surface area contributed by atoms with Gasteiger partial charge in [-0.25, -0.2) is 0 Å². The molecule has 160 valence electrons. The van der Waals surface area contributed by atoms with Gasteiger partial charge in [-0.05, 0) is 43.2 Å². The first kappa shape index (κ1) is 19.9. The Hall–Kier alpha value is -3.00. The summed E-state index contributed by atoms with van der Waals surface area (Å²) in [5, 5.41) is 12.7. The zero-order valence-electron chi connectivity index (χ0n) is 17.1. The fraction of sp³-hybridized carbons (Fsp3) is 0.348. The van der Waals surface area contributed by atoms with Gasteiger partial charge < -0.3 is 14.8 Å². The third-order valence-electron chi connectivity index (χ3n) is 5.58. The van der Waals surface area contributed by atoms with Crippen LogP contribution in [-0.4, -0.2) is 39.3 Å². The molecule has 8 heteroatoms. The molecular formula is C23H24N4O3S. The molecular weight excluding hydrogens is 412 g/mol. The molecule has 0 radical (unpaired) electrons. The summed E-state index contributed by atoms with van der Waals surface area (Å²) in [6, 6.07) is 16.0. The van der Waals surface area contributed by atoms with Gasteiger partial charge in [-0.15, -0.1) is 10.2 Å². The number of para-hydroxylation sites is 1. The van der Waals surface area contributed by atoms with E-state index in [0.29, 0.717) is 28.5 Å². The summed E-state index contributed by atoms with van der Waals surface area (Å²) >= 11 is 1.40. The molecule has 0 saturated heterocycles. The van der Waals surface area contributed by atoms with Crippen molar-refractivity contribution in [1.82, 2.24) is 20.1 Å². The minimum absolute atomic E-state index is 0.0455. The molecule has 7 nitrogen and oxygen atoms in total. The van der Waals surface area contributed by atoms with Crippen LogP contribution in [0.4, 0.5) is 0 Å². The number of ether oxygens (including phenoxy) is 2. The quantitative estimate of drug-likeness (QED) is 0.584. The molecule has 0 atom stereocenters. The van der Waals surface area contributed by atoms with Gasteiger partial charge in [0, 0.05) is 17.3 Å². The number of amides is 1. The molecule has 1 saturated carbocycles. The number of aromatic nitrogens is 3. The highest BCUT2D eigenvalue weighted by Crippen LogP contribution is 2.37. The van der Waals surface area contributed by atoms with E-state index in [1.807, 2.05) is 53.1 Å². The first-order valence-electron chi connectivity index (χ1n) is 10.6. The molecule has 1 amide bonds. The predicted molar refractivity (Wildman–Crippen MR) is 119 cm³/mol. The summed E-state index contributed by atoms with van der Waals surface area (Å²) in [5.41, 5.74) is 1.81. The average Bonchev–Trinajstić information content (AvgIpc) is 3.45. The van der Waals surface area contributed by atoms with Gasteiger partial charge in [0.1, 0.15) is 0 Å². The second-order valence-electron chi connectivity index (χ2n) is 7.74. The van der Waals surface area contributed by atoms with Crippen LogP contribution in [0.15, 0.2) is 53.7 Å². The SMILES string of the molecule is O=C(CSc1nnc(-c2ccc3c(c2)OCO3)n1-c1ccccc1)NC1CCCCC1. The number of benzene rings is 2. The van der Waals surface area contributed by atoms with Crippen LogP contribution in [0.5, 0.6) is 11.5 Å². The van der Waals surface area contributed by atoms with Gasteiger partial charge in [-0.3, -0.25) is 9.36 Å². The summed E-state index contributed by atoms with van der Waals surface area (Å²) < 4.78 is 12.9. The Balaban J connectivity index is 1.39. The molecule has 3 aromatic rings. The molecule has 1 fully saturated rings. The van der Waals surface area contributed by atoms with Crippen molar-refractivity contribution in [3.63, 3.8) is 0 Å². The Morgan fingerprint density at radius 1 is 1.03 bits per heavy atom. The van der Waals surface area contributed by atoms with E-state index in [0.717, 1.165) is 29.8 Å². The van der Waals surface area contributed by atoms with Crippen LogP contribution in [0.25, 0.3) is 17.1 Å². The van der Waals surface area contributed by atoms with E-state index < -0.39 is 0 Å². The number of nitrogens with one attached hydrogen (secondary N) is 1. The molecule has 1 aliphatic carbocycles. The van der Waals surface area contributed by atoms with Gasteiger partial charge in [0.2, 0.25) is 12.7 Å². The predicted octanol–water partition coefficient (Wildman–Crippen LogP) is 4.20. The Kier molecular flexibility index (Phi) is 5.80. The van der Waals surface area contributed by atoms with Crippen molar-refractivity contribution in [3.05, 3.63) is 48.5 Å². The fourth-order valence-corrected chi connectivity index (χ4v) is 4.81. The van der Waals surface area contributed by atoms with Gasteiger partial charge in [-0.1, -0.05) is 49.2 Å². The molecule has 2 aliphatic rings. The van der Waals surface area contributed by atoms with Crippen molar-refractivity contribution in [3.8, 4) is 28.6 Å².